The van der Waals surface area contributed by atoms with E-state index in [4.69, 9.17) is 5.11 Å². The molecule has 0 aromatic heterocycles. The fraction of sp³-hybridized carbons (Fsp3) is 0.417. The number of aromatic carboxylic acids is 1. The number of nitro benzene ring substituents is 1. The summed E-state index contributed by atoms with van der Waals surface area (Å²) in [6, 6.07) is 4.63. The third-order valence-electron chi connectivity index (χ3n) is 3.26. The van der Waals surface area contributed by atoms with Crippen molar-refractivity contribution >= 4 is 29.1 Å². The number of para-hydroxylation sites is 1. The Morgan fingerprint density at radius 1 is 1.58 bits per heavy atom. The third kappa shape index (κ3) is 2.65. The maximum absolute atomic E-state index is 11.2. The summed E-state index contributed by atoms with van der Waals surface area (Å²) in [4.78, 5) is 23.5. The second-order valence-electron chi connectivity index (χ2n) is 4.36. The van der Waals surface area contributed by atoms with Crippen LogP contribution < -0.4 is 4.90 Å². The van der Waals surface area contributed by atoms with E-state index in [0.717, 1.165) is 17.9 Å². The second kappa shape index (κ2) is 5.48. The number of carboxylic acid groups (broad SMARTS) is 1. The Hall–Kier alpha value is -1.76. The van der Waals surface area contributed by atoms with E-state index in [1.54, 1.807) is 30.9 Å². The summed E-state index contributed by atoms with van der Waals surface area (Å²) in [5.74, 6) is 0.662. The Kier molecular flexibility index (Phi) is 3.94. The Labute approximate surface area is 114 Å². The lowest BCUT2D eigenvalue weighted by molar-refractivity contribution is -0.384. The fourth-order valence-corrected chi connectivity index (χ4v) is 3.47. The average molecular weight is 282 g/mol. The number of thioether (sulfide) groups is 1. The van der Waals surface area contributed by atoms with Crippen LogP contribution in [0, 0.1) is 10.1 Å². The van der Waals surface area contributed by atoms with Crippen LogP contribution in [0.2, 0.25) is 0 Å². The molecule has 1 fully saturated rings. The highest BCUT2D eigenvalue weighted by molar-refractivity contribution is 7.99. The Morgan fingerprint density at radius 3 is 2.84 bits per heavy atom. The normalized spacial score (nSPS) is 18.3. The van der Waals surface area contributed by atoms with E-state index in [-0.39, 0.29) is 17.3 Å². The molecule has 1 aromatic carbocycles. The number of carboxylic acids is 1. The molecule has 0 radical (unpaired) electrons. The number of benzene rings is 1. The quantitative estimate of drug-likeness (QED) is 0.673. The van der Waals surface area contributed by atoms with Gasteiger partial charge >= 0.3 is 11.7 Å². The first-order valence-corrected chi connectivity index (χ1v) is 6.99. The lowest BCUT2D eigenvalue weighted by atomic mass is 10.1. The van der Waals surface area contributed by atoms with Gasteiger partial charge in [-0.1, -0.05) is 6.07 Å². The standard InChI is InChI=1S/C12H14N2O4S/c1-13(8-5-6-19-7-8)10-4-2-3-9(12(15)16)11(10)14(17)18/h2-4,8H,5-7H2,1H3,(H,15,16). The van der Waals surface area contributed by atoms with Crippen LogP contribution in [0.15, 0.2) is 18.2 Å². The summed E-state index contributed by atoms with van der Waals surface area (Å²) < 4.78 is 0. The topological polar surface area (TPSA) is 83.7 Å². The molecule has 1 heterocycles. The lowest BCUT2D eigenvalue weighted by Gasteiger charge is -2.25. The van der Waals surface area contributed by atoms with Crippen LogP contribution in [-0.4, -0.2) is 40.6 Å². The minimum absolute atomic E-state index is 0.216. The first-order chi connectivity index (χ1) is 9.02. The molecule has 1 aromatic rings. The first kappa shape index (κ1) is 13.7. The third-order valence-corrected chi connectivity index (χ3v) is 4.41. The van der Waals surface area contributed by atoms with Gasteiger partial charge < -0.3 is 10.0 Å². The smallest absolute Gasteiger partial charge is 0.342 e. The SMILES string of the molecule is CN(c1cccc(C(=O)O)c1[N+](=O)[O-])C1CCSC1. The monoisotopic (exact) mass is 282 g/mol. The highest BCUT2D eigenvalue weighted by atomic mass is 32.2. The lowest BCUT2D eigenvalue weighted by Crippen LogP contribution is -2.32. The van der Waals surface area contributed by atoms with E-state index in [2.05, 4.69) is 0 Å². The van der Waals surface area contributed by atoms with Gasteiger partial charge in [0.25, 0.3) is 0 Å². The molecular weight excluding hydrogens is 268 g/mol. The summed E-state index contributed by atoms with van der Waals surface area (Å²) in [6.07, 6.45) is 0.954. The van der Waals surface area contributed by atoms with Crippen molar-refractivity contribution in [2.75, 3.05) is 23.5 Å². The van der Waals surface area contributed by atoms with Crippen molar-refractivity contribution in [2.24, 2.45) is 0 Å². The van der Waals surface area contributed by atoms with Gasteiger partial charge in [0.1, 0.15) is 11.3 Å². The molecule has 0 amide bonds. The molecule has 0 bridgehead atoms. The molecule has 2 rings (SSSR count). The van der Waals surface area contributed by atoms with Gasteiger partial charge in [0.15, 0.2) is 0 Å². The Morgan fingerprint density at radius 2 is 2.32 bits per heavy atom. The Bertz CT molecular complexity index is 514. The number of rotatable bonds is 4. The van der Waals surface area contributed by atoms with Crippen molar-refractivity contribution in [3.05, 3.63) is 33.9 Å². The van der Waals surface area contributed by atoms with Gasteiger partial charge in [-0.25, -0.2) is 4.79 Å². The minimum Gasteiger partial charge on any atom is -0.477 e. The van der Waals surface area contributed by atoms with E-state index in [9.17, 15) is 14.9 Å². The molecule has 1 aliphatic heterocycles. The van der Waals surface area contributed by atoms with Crippen LogP contribution in [0.1, 0.15) is 16.8 Å². The fourth-order valence-electron chi connectivity index (χ4n) is 2.20. The molecule has 1 N–H and O–H groups in total. The predicted octanol–water partition coefficient (Wildman–Crippen LogP) is 2.23. The molecule has 0 saturated carbocycles. The number of hydrogen-bond acceptors (Lipinski definition) is 5. The van der Waals surface area contributed by atoms with Crippen LogP contribution in [0.25, 0.3) is 0 Å². The summed E-state index contributed by atoms with van der Waals surface area (Å²) in [6.45, 7) is 0. The van der Waals surface area contributed by atoms with Gasteiger partial charge in [0.05, 0.1) is 4.92 Å². The van der Waals surface area contributed by atoms with E-state index >= 15 is 0 Å². The molecule has 19 heavy (non-hydrogen) atoms. The van der Waals surface area contributed by atoms with Gasteiger partial charge in [-0.05, 0) is 24.3 Å². The first-order valence-electron chi connectivity index (χ1n) is 5.83. The second-order valence-corrected chi connectivity index (χ2v) is 5.51. The molecule has 6 nitrogen and oxygen atoms in total. The maximum atomic E-state index is 11.2. The highest BCUT2D eigenvalue weighted by Gasteiger charge is 2.29. The van der Waals surface area contributed by atoms with Crippen molar-refractivity contribution in [1.29, 1.82) is 0 Å². The van der Waals surface area contributed by atoms with Crippen molar-refractivity contribution in [3.8, 4) is 0 Å². The summed E-state index contributed by atoms with van der Waals surface area (Å²) in [5, 5.41) is 20.2. The van der Waals surface area contributed by atoms with Crippen molar-refractivity contribution in [1.82, 2.24) is 0 Å². The summed E-state index contributed by atoms with van der Waals surface area (Å²) in [7, 11) is 1.78. The van der Waals surface area contributed by atoms with Crippen LogP contribution in [0.4, 0.5) is 11.4 Å². The van der Waals surface area contributed by atoms with E-state index < -0.39 is 10.9 Å². The average Bonchev–Trinajstić information content (AvgIpc) is 2.90. The van der Waals surface area contributed by atoms with Crippen LogP contribution >= 0.6 is 11.8 Å². The number of carbonyl (C=O) groups is 1. The molecule has 0 spiro atoms. The van der Waals surface area contributed by atoms with Gasteiger partial charge in [-0.2, -0.15) is 11.8 Å². The molecule has 1 atom stereocenters. The zero-order chi connectivity index (χ0) is 14.0. The van der Waals surface area contributed by atoms with Crippen molar-refractivity contribution in [2.45, 2.75) is 12.5 Å². The van der Waals surface area contributed by atoms with E-state index in [1.807, 2.05) is 4.90 Å². The molecule has 7 heteroatoms. The van der Waals surface area contributed by atoms with Crippen LogP contribution in [0.3, 0.4) is 0 Å². The predicted molar refractivity (Wildman–Crippen MR) is 74.2 cm³/mol. The summed E-state index contributed by atoms with van der Waals surface area (Å²) in [5.41, 5.74) is -0.216. The number of nitro groups is 1. The summed E-state index contributed by atoms with van der Waals surface area (Å²) >= 11 is 1.80. The molecule has 1 aliphatic rings. The number of anilines is 1. The number of nitrogens with zero attached hydrogens (tertiary/aromatic N) is 2. The number of hydrogen-bond donors (Lipinski definition) is 1. The van der Waals surface area contributed by atoms with Gasteiger partial charge in [-0.15, -0.1) is 0 Å². The zero-order valence-corrected chi connectivity index (χ0v) is 11.2. The minimum atomic E-state index is -1.28. The van der Waals surface area contributed by atoms with Crippen LogP contribution in [-0.2, 0) is 0 Å². The maximum Gasteiger partial charge on any atom is 0.342 e. The molecule has 102 valence electrons. The van der Waals surface area contributed by atoms with E-state index in [0.29, 0.717) is 5.69 Å². The van der Waals surface area contributed by atoms with Gasteiger partial charge in [-0.3, -0.25) is 10.1 Å². The molecular formula is C12H14N2O4S. The van der Waals surface area contributed by atoms with Gasteiger partial charge in [0.2, 0.25) is 0 Å². The van der Waals surface area contributed by atoms with Gasteiger partial charge in [0, 0.05) is 18.8 Å². The van der Waals surface area contributed by atoms with Crippen molar-refractivity contribution < 1.29 is 14.8 Å². The molecule has 0 aliphatic carbocycles. The zero-order valence-electron chi connectivity index (χ0n) is 10.4. The van der Waals surface area contributed by atoms with E-state index in [1.165, 1.54) is 6.07 Å². The van der Waals surface area contributed by atoms with Crippen molar-refractivity contribution in [3.63, 3.8) is 0 Å². The Balaban J connectivity index is 2.46. The van der Waals surface area contributed by atoms with Crippen LogP contribution in [0.5, 0.6) is 0 Å². The molecule has 1 unspecified atom stereocenters. The highest BCUT2D eigenvalue weighted by Crippen LogP contribution is 2.34. The molecule has 1 saturated heterocycles. The largest absolute Gasteiger partial charge is 0.477 e.